The minimum atomic E-state index is -0.261. The van der Waals surface area contributed by atoms with Crippen molar-refractivity contribution < 1.29 is 4.79 Å². The SMILES string of the molecule is CCc1c(N)cc(Cl)c(CC)c1NC(=O)N(Cc1ccc(Cl)cc1)c1ccc(NC)cc1. The van der Waals surface area contributed by atoms with Crippen LogP contribution in [0.25, 0.3) is 0 Å². The molecule has 0 spiro atoms. The molecule has 168 valence electrons. The van der Waals surface area contributed by atoms with E-state index in [4.69, 9.17) is 28.9 Å². The van der Waals surface area contributed by atoms with Crippen molar-refractivity contribution in [3.8, 4) is 0 Å². The van der Waals surface area contributed by atoms with Crippen LogP contribution in [0.5, 0.6) is 0 Å². The molecule has 2 amide bonds. The van der Waals surface area contributed by atoms with E-state index in [1.165, 1.54) is 0 Å². The second-order valence-electron chi connectivity index (χ2n) is 7.43. The van der Waals surface area contributed by atoms with Gasteiger partial charge in [0, 0.05) is 34.2 Å². The van der Waals surface area contributed by atoms with Gasteiger partial charge in [-0.1, -0.05) is 49.2 Å². The van der Waals surface area contributed by atoms with E-state index in [2.05, 4.69) is 10.6 Å². The average molecular weight is 471 g/mol. The summed E-state index contributed by atoms with van der Waals surface area (Å²) in [6.45, 7) is 4.39. The Morgan fingerprint density at radius 2 is 1.59 bits per heavy atom. The van der Waals surface area contributed by atoms with Gasteiger partial charge in [-0.15, -0.1) is 0 Å². The summed E-state index contributed by atoms with van der Waals surface area (Å²) in [4.78, 5) is 15.3. The minimum absolute atomic E-state index is 0.261. The number of amides is 2. The third kappa shape index (κ3) is 5.29. The van der Waals surface area contributed by atoms with Crippen LogP contribution < -0.4 is 21.3 Å². The predicted octanol–water partition coefficient (Wildman–Crippen LogP) is 6.98. The number of hydrogen-bond acceptors (Lipinski definition) is 3. The number of rotatable bonds is 7. The van der Waals surface area contributed by atoms with Crippen molar-refractivity contribution in [3.05, 3.63) is 81.3 Å². The van der Waals surface area contributed by atoms with Gasteiger partial charge in [-0.3, -0.25) is 4.90 Å². The molecule has 0 bridgehead atoms. The van der Waals surface area contributed by atoms with Crippen LogP contribution in [0.2, 0.25) is 10.0 Å². The van der Waals surface area contributed by atoms with Gasteiger partial charge < -0.3 is 16.4 Å². The quantitative estimate of drug-likeness (QED) is 0.326. The molecule has 0 aliphatic carbocycles. The summed E-state index contributed by atoms with van der Waals surface area (Å²) in [6.07, 6.45) is 1.36. The number of nitrogens with one attached hydrogen (secondary N) is 2. The van der Waals surface area contributed by atoms with E-state index in [1.807, 2.05) is 69.4 Å². The first-order valence-electron chi connectivity index (χ1n) is 10.6. The smallest absolute Gasteiger partial charge is 0.326 e. The predicted molar refractivity (Wildman–Crippen MR) is 137 cm³/mol. The molecule has 0 atom stereocenters. The second kappa shape index (κ2) is 10.6. The first-order valence-corrected chi connectivity index (χ1v) is 11.3. The van der Waals surface area contributed by atoms with Gasteiger partial charge in [-0.05, 0) is 72.0 Å². The summed E-state index contributed by atoms with van der Waals surface area (Å²) < 4.78 is 0. The van der Waals surface area contributed by atoms with E-state index >= 15 is 0 Å². The molecule has 4 N–H and O–H groups in total. The van der Waals surface area contributed by atoms with Crippen molar-refractivity contribution in [2.75, 3.05) is 28.3 Å². The standard InChI is InChI=1S/C25H28Cl2N4O/c1-4-20-22(27)14-23(28)21(5-2)24(20)30-25(32)31(15-16-6-8-17(26)9-7-16)19-12-10-18(29-3)11-13-19/h6-14,29H,4-5,15,28H2,1-3H3,(H,30,32). The van der Waals surface area contributed by atoms with Crippen molar-refractivity contribution in [3.63, 3.8) is 0 Å². The summed E-state index contributed by atoms with van der Waals surface area (Å²) in [5.41, 5.74) is 11.9. The molecule has 0 radical (unpaired) electrons. The van der Waals surface area contributed by atoms with E-state index in [0.29, 0.717) is 40.8 Å². The zero-order valence-corrected chi connectivity index (χ0v) is 20.0. The highest BCUT2D eigenvalue weighted by atomic mass is 35.5. The second-order valence-corrected chi connectivity index (χ2v) is 8.27. The zero-order valence-electron chi connectivity index (χ0n) is 18.5. The number of hydrogen-bond donors (Lipinski definition) is 3. The molecular weight excluding hydrogens is 443 g/mol. The van der Waals surface area contributed by atoms with Crippen molar-refractivity contribution in [2.24, 2.45) is 0 Å². The maximum absolute atomic E-state index is 13.6. The molecule has 0 heterocycles. The normalized spacial score (nSPS) is 10.7. The molecule has 0 aliphatic heterocycles. The van der Waals surface area contributed by atoms with Gasteiger partial charge in [0.15, 0.2) is 0 Å². The average Bonchev–Trinajstić information content (AvgIpc) is 2.79. The van der Waals surface area contributed by atoms with Crippen LogP contribution in [0.3, 0.4) is 0 Å². The van der Waals surface area contributed by atoms with Gasteiger partial charge in [0.25, 0.3) is 0 Å². The largest absolute Gasteiger partial charge is 0.398 e. The molecule has 0 aromatic heterocycles. The number of benzene rings is 3. The molecule has 3 aromatic carbocycles. The lowest BCUT2D eigenvalue weighted by molar-refractivity contribution is 0.256. The Kier molecular flexibility index (Phi) is 7.89. The summed E-state index contributed by atoms with van der Waals surface area (Å²) in [7, 11) is 1.86. The topological polar surface area (TPSA) is 70.4 Å². The number of carbonyl (C=O) groups excluding carboxylic acids is 1. The van der Waals surface area contributed by atoms with Crippen molar-refractivity contribution >= 4 is 52.0 Å². The molecule has 3 rings (SSSR count). The number of anilines is 4. The van der Waals surface area contributed by atoms with E-state index in [-0.39, 0.29) is 6.03 Å². The highest BCUT2D eigenvalue weighted by molar-refractivity contribution is 6.32. The molecule has 0 saturated carbocycles. The zero-order chi connectivity index (χ0) is 23.3. The number of nitrogen functional groups attached to an aromatic ring is 1. The summed E-state index contributed by atoms with van der Waals surface area (Å²) in [5.74, 6) is 0. The molecular formula is C25H28Cl2N4O. The molecule has 3 aromatic rings. The van der Waals surface area contributed by atoms with E-state index in [1.54, 1.807) is 11.0 Å². The number of nitrogens with two attached hydrogens (primary N) is 1. The fourth-order valence-corrected chi connectivity index (χ4v) is 4.14. The number of urea groups is 1. The highest BCUT2D eigenvalue weighted by Gasteiger charge is 2.21. The van der Waals surface area contributed by atoms with Gasteiger partial charge in [0.2, 0.25) is 0 Å². The molecule has 0 fully saturated rings. The summed E-state index contributed by atoms with van der Waals surface area (Å²) in [5, 5.41) is 7.41. The molecule has 0 saturated heterocycles. The monoisotopic (exact) mass is 470 g/mol. The first-order chi connectivity index (χ1) is 15.4. The fraction of sp³-hybridized carbons (Fsp3) is 0.240. The van der Waals surface area contributed by atoms with E-state index in [0.717, 1.165) is 28.1 Å². The Hall–Kier alpha value is -2.89. The fourth-order valence-electron chi connectivity index (χ4n) is 3.67. The van der Waals surface area contributed by atoms with Gasteiger partial charge in [0.1, 0.15) is 0 Å². The van der Waals surface area contributed by atoms with Crippen LogP contribution in [0, 0.1) is 0 Å². The van der Waals surface area contributed by atoms with Gasteiger partial charge in [0.05, 0.1) is 12.2 Å². The van der Waals surface area contributed by atoms with Crippen LogP contribution in [0.1, 0.15) is 30.5 Å². The lowest BCUT2D eigenvalue weighted by atomic mass is 10.0. The maximum Gasteiger partial charge on any atom is 0.326 e. The van der Waals surface area contributed by atoms with Gasteiger partial charge in [-0.2, -0.15) is 0 Å². The van der Waals surface area contributed by atoms with Gasteiger partial charge in [-0.25, -0.2) is 4.79 Å². The molecule has 0 aliphatic rings. The Balaban J connectivity index is 2.01. The summed E-state index contributed by atoms with van der Waals surface area (Å²) >= 11 is 12.5. The van der Waals surface area contributed by atoms with Crippen LogP contribution in [-0.2, 0) is 19.4 Å². The van der Waals surface area contributed by atoms with Crippen molar-refractivity contribution in [1.29, 1.82) is 0 Å². The molecule has 32 heavy (non-hydrogen) atoms. The van der Waals surface area contributed by atoms with E-state index in [9.17, 15) is 4.79 Å². The Morgan fingerprint density at radius 3 is 2.16 bits per heavy atom. The van der Waals surface area contributed by atoms with Crippen LogP contribution in [-0.4, -0.2) is 13.1 Å². The molecule has 7 heteroatoms. The van der Waals surface area contributed by atoms with Crippen LogP contribution in [0.4, 0.5) is 27.5 Å². The number of carbonyl (C=O) groups is 1. The Labute approximate surface area is 199 Å². The van der Waals surface area contributed by atoms with Crippen molar-refractivity contribution in [1.82, 2.24) is 0 Å². The third-order valence-electron chi connectivity index (χ3n) is 5.43. The number of nitrogens with zero attached hydrogens (tertiary/aromatic N) is 1. The summed E-state index contributed by atoms with van der Waals surface area (Å²) in [6, 6.07) is 16.7. The molecule has 0 unspecified atom stereocenters. The lowest BCUT2D eigenvalue weighted by Gasteiger charge is -2.26. The number of halogens is 2. The maximum atomic E-state index is 13.6. The molecule has 5 nitrogen and oxygen atoms in total. The van der Waals surface area contributed by atoms with E-state index < -0.39 is 0 Å². The van der Waals surface area contributed by atoms with Crippen molar-refractivity contribution in [2.45, 2.75) is 33.2 Å². The van der Waals surface area contributed by atoms with Crippen LogP contribution >= 0.6 is 23.2 Å². The van der Waals surface area contributed by atoms with Gasteiger partial charge >= 0.3 is 6.03 Å². The van der Waals surface area contributed by atoms with Crippen LogP contribution in [0.15, 0.2) is 54.6 Å². The highest BCUT2D eigenvalue weighted by Crippen LogP contribution is 2.35. The lowest BCUT2D eigenvalue weighted by Crippen LogP contribution is -2.35. The Bertz CT molecular complexity index is 1050. The minimum Gasteiger partial charge on any atom is -0.398 e. The Morgan fingerprint density at radius 1 is 0.969 bits per heavy atom. The third-order valence-corrected chi connectivity index (χ3v) is 6.02. The first kappa shape index (κ1) is 23.8.